The maximum absolute atomic E-state index is 11.7. The van der Waals surface area contributed by atoms with E-state index in [-0.39, 0.29) is 18.6 Å². The number of rotatable bonds is 6. The molecule has 1 aromatic rings. The number of carboxylic acids is 1. The van der Waals surface area contributed by atoms with Crippen LogP contribution in [-0.2, 0) is 9.59 Å². The van der Waals surface area contributed by atoms with Crippen LogP contribution in [0, 0.1) is 6.92 Å². The molecule has 0 aliphatic carbocycles. The van der Waals surface area contributed by atoms with Crippen LogP contribution in [0.4, 0.5) is 0 Å². The van der Waals surface area contributed by atoms with E-state index in [0.717, 1.165) is 0 Å². The predicted molar refractivity (Wildman–Crippen MR) is 58.6 cm³/mol. The minimum atomic E-state index is -1.25. The average molecular weight is 255 g/mol. The van der Waals surface area contributed by atoms with E-state index < -0.39 is 23.8 Å². The number of hydrogen-bond donors (Lipinski definition) is 3. The van der Waals surface area contributed by atoms with E-state index in [1.54, 1.807) is 6.92 Å². The van der Waals surface area contributed by atoms with Gasteiger partial charge in [0.15, 0.2) is 0 Å². The van der Waals surface area contributed by atoms with Gasteiger partial charge < -0.3 is 20.7 Å². The van der Waals surface area contributed by atoms with Gasteiger partial charge in [0, 0.05) is 12.0 Å². The summed E-state index contributed by atoms with van der Waals surface area (Å²) in [6.45, 7) is 1.60. The molecule has 0 aliphatic rings. The molecule has 0 aliphatic heterocycles. The minimum Gasteiger partial charge on any atom is -0.480 e. The van der Waals surface area contributed by atoms with Crippen molar-refractivity contribution in [3.8, 4) is 0 Å². The Morgan fingerprint density at radius 3 is 2.67 bits per heavy atom. The number of primary amides is 1. The molecular formula is C10H13N3O5. The predicted octanol–water partition coefficient (Wildman–Crippen LogP) is -0.568. The molecule has 0 spiro atoms. The van der Waals surface area contributed by atoms with Crippen LogP contribution < -0.4 is 11.1 Å². The molecular weight excluding hydrogens is 242 g/mol. The summed E-state index contributed by atoms with van der Waals surface area (Å²) in [7, 11) is 0. The van der Waals surface area contributed by atoms with Gasteiger partial charge in [-0.25, -0.2) is 4.79 Å². The molecule has 1 atom stereocenters. The molecule has 0 fully saturated rings. The molecule has 0 aromatic carbocycles. The largest absolute Gasteiger partial charge is 0.480 e. The molecule has 1 heterocycles. The first-order valence-electron chi connectivity index (χ1n) is 5.15. The number of carbonyl (C=O) groups is 3. The zero-order valence-corrected chi connectivity index (χ0v) is 9.67. The van der Waals surface area contributed by atoms with Gasteiger partial charge in [0.2, 0.25) is 11.7 Å². The minimum absolute atomic E-state index is 0.0553. The van der Waals surface area contributed by atoms with E-state index in [1.165, 1.54) is 6.20 Å². The van der Waals surface area contributed by atoms with Gasteiger partial charge in [-0.15, -0.1) is 0 Å². The Morgan fingerprint density at radius 1 is 1.56 bits per heavy atom. The highest BCUT2D eigenvalue weighted by Gasteiger charge is 2.23. The third-order valence-corrected chi connectivity index (χ3v) is 2.24. The van der Waals surface area contributed by atoms with Gasteiger partial charge >= 0.3 is 5.97 Å². The summed E-state index contributed by atoms with van der Waals surface area (Å²) in [5.74, 6) is -2.63. The normalized spacial score (nSPS) is 11.8. The van der Waals surface area contributed by atoms with E-state index in [9.17, 15) is 14.4 Å². The van der Waals surface area contributed by atoms with Crippen LogP contribution in [0.3, 0.4) is 0 Å². The van der Waals surface area contributed by atoms with Crippen LogP contribution >= 0.6 is 0 Å². The maximum atomic E-state index is 11.7. The number of aliphatic carboxylic acids is 1. The second-order valence-electron chi connectivity index (χ2n) is 3.71. The van der Waals surface area contributed by atoms with Gasteiger partial charge in [-0.2, -0.15) is 0 Å². The van der Waals surface area contributed by atoms with Crippen LogP contribution in [0.1, 0.15) is 29.0 Å². The average Bonchev–Trinajstić information content (AvgIpc) is 2.69. The van der Waals surface area contributed by atoms with Gasteiger partial charge in [0.1, 0.15) is 6.04 Å². The van der Waals surface area contributed by atoms with Crippen LogP contribution in [0.5, 0.6) is 0 Å². The first kappa shape index (κ1) is 13.7. The van der Waals surface area contributed by atoms with Crippen molar-refractivity contribution in [2.24, 2.45) is 5.73 Å². The lowest BCUT2D eigenvalue weighted by Gasteiger charge is -2.12. The fourth-order valence-electron chi connectivity index (χ4n) is 1.28. The summed E-state index contributed by atoms with van der Waals surface area (Å²) in [4.78, 5) is 33.1. The molecule has 18 heavy (non-hydrogen) atoms. The lowest BCUT2D eigenvalue weighted by atomic mass is 10.1. The fourth-order valence-corrected chi connectivity index (χ4v) is 1.28. The summed E-state index contributed by atoms with van der Waals surface area (Å²) in [6, 6.07) is -1.20. The molecule has 98 valence electrons. The van der Waals surface area contributed by atoms with Crippen molar-refractivity contribution in [1.29, 1.82) is 0 Å². The van der Waals surface area contributed by atoms with Gasteiger partial charge in [0.25, 0.3) is 5.91 Å². The van der Waals surface area contributed by atoms with Crippen molar-refractivity contribution < 1.29 is 24.0 Å². The third kappa shape index (κ3) is 3.58. The summed E-state index contributed by atoms with van der Waals surface area (Å²) in [6.07, 6.45) is 1.13. The molecule has 0 bridgehead atoms. The molecule has 0 saturated heterocycles. The highest BCUT2D eigenvalue weighted by atomic mass is 16.5. The Labute approximate surface area is 102 Å². The molecule has 8 heteroatoms. The Kier molecular flexibility index (Phi) is 4.41. The van der Waals surface area contributed by atoms with Gasteiger partial charge in [0.05, 0.1) is 6.20 Å². The van der Waals surface area contributed by atoms with Crippen molar-refractivity contribution in [2.75, 3.05) is 0 Å². The Morgan fingerprint density at radius 2 is 2.22 bits per heavy atom. The molecule has 1 aromatic heterocycles. The standard InChI is InChI=1S/C10H13N3O5/c1-5-4-12-18-8(5)9(15)13-6(10(16)17)2-3-7(11)14/h4,6H,2-3H2,1H3,(H2,11,14)(H,13,15)(H,16,17)/t6-/m1/s1. The molecule has 1 rings (SSSR count). The maximum Gasteiger partial charge on any atom is 0.326 e. The zero-order valence-electron chi connectivity index (χ0n) is 9.67. The fraction of sp³-hybridized carbons (Fsp3) is 0.400. The van der Waals surface area contributed by atoms with Crippen molar-refractivity contribution in [3.05, 3.63) is 17.5 Å². The summed E-state index contributed by atoms with van der Waals surface area (Å²) in [5.41, 5.74) is 5.41. The van der Waals surface area contributed by atoms with E-state index in [2.05, 4.69) is 15.0 Å². The molecule has 4 N–H and O–H groups in total. The molecule has 2 amide bonds. The van der Waals surface area contributed by atoms with E-state index in [0.29, 0.717) is 5.56 Å². The number of nitrogens with two attached hydrogens (primary N) is 1. The number of aromatic nitrogens is 1. The smallest absolute Gasteiger partial charge is 0.326 e. The monoisotopic (exact) mass is 255 g/mol. The number of amides is 2. The second-order valence-corrected chi connectivity index (χ2v) is 3.71. The lowest BCUT2D eigenvalue weighted by molar-refractivity contribution is -0.139. The first-order valence-corrected chi connectivity index (χ1v) is 5.15. The highest BCUT2D eigenvalue weighted by molar-refractivity contribution is 5.95. The number of hydrogen-bond acceptors (Lipinski definition) is 5. The van der Waals surface area contributed by atoms with Gasteiger partial charge in [-0.1, -0.05) is 5.16 Å². The highest BCUT2D eigenvalue weighted by Crippen LogP contribution is 2.07. The van der Waals surface area contributed by atoms with Crippen LogP contribution in [0.2, 0.25) is 0 Å². The quantitative estimate of drug-likeness (QED) is 0.622. The second kappa shape index (κ2) is 5.80. The molecule has 8 nitrogen and oxygen atoms in total. The van der Waals surface area contributed by atoms with Crippen LogP contribution in [0.25, 0.3) is 0 Å². The molecule has 0 unspecified atom stereocenters. The lowest BCUT2D eigenvalue weighted by Crippen LogP contribution is -2.41. The van der Waals surface area contributed by atoms with Crippen LogP contribution in [0.15, 0.2) is 10.7 Å². The van der Waals surface area contributed by atoms with Crippen molar-refractivity contribution in [2.45, 2.75) is 25.8 Å². The van der Waals surface area contributed by atoms with Crippen molar-refractivity contribution in [1.82, 2.24) is 10.5 Å². The Bertz CT molecular complexity index is 468. The van der Waals surface area contributed by atoms with E-state index in [1.807, 2.05) is 0 Å². The number of nitrogens with zero attached hydrogens (tertiary/aromatic N) is 1. The number of carboxylic acid groups (broad SMARTS) is 1. The number of carbonyl (C=O) groups excluding carboxylic acids is 2. The number of nitrogens with one attached hydrogen (secondary N) is 1. The Balaban J connectivity index is 2.67. The molecule has 0 saturated carbocycles. The van der Waals surface area contributed by atoms with E-state index >= 15 is 0 Å². The SMILES string of the molecule is Cc1cnoc1C(=O)N[C@H](CCC(N)=O)C(=O)O. The number of aryl methyl sites for hydroxylation is 1. The van der Waals surface area contributed by atoms with Crippen LogP contribution in [-0.4, -0.2) is 34.1 Å². The third-order valence-electron chi connectivity index (χ3n) is 2.24. The summed E-state index contributed by atoms with van der Waals surface area (Å²) in [5, 5.41) is 14.5. The topological polar surface area (TPSA) is 136 Å². The van der Waals surface area contributed by atoms with Gasteiger partial charge in [-0.3, -0.25) is 9.59 Å². The molecule has 0 radical (unpaired) electrons. The Hall–Kier alpha value is -2.38. The van der Waals surface area contributed by atoms with E-state index in [4.69, 9.17) is 10.8 Å². The first-order chi connectivity index (χ1) is 8.41. The zero-order chi connectivity index (χ0) is 13.7. The van der Waals surface area contributed by atoms with Gasteiger partial charge in [-0.05, 0) is 13.3 Å². The van der Waals surface area contributed by atoms with Crippen molar-refractivity contribution >= 4 is 17.8 Å². The van der Waals surface area contributed by atoms with Crippen molar-refractivity contribution in [3.63, 3.8) is 0 Å². The summed E-state index contributed by atoms with van der Waals surface area (Å²) < 4.78 is 4.69. The summed E-state index contributed by atoms with van der Waals surface area (Å²) >= 11 is 0.